The highest BCUT2D eigenvalue weighted by Gasteiger charge is 2.33. The number of terminal acetylenes is 1. The number of unbranched alkanes of at least 4 members (excludes halogenated alkanes) is 5. The summed E-state index contributed by atoms with van der Waals surface area (Å²) in [5, 5.41) is 3.98. The molecule has 4 rings (SSSR count). The third kappa shape index (κ3) is 9.89. The first-order valence-electron chi connectivity index (χ1n) is 16.4. The second-order valence-electron chi connectivity index (χ2n) is 10.7. The van der Waals surface area contributed by atoms with Crippen LogP contribution in [0.15, 0.2) is 77.7 Å². The lowest BCUT2D eigenvalue weighted by Gasteiger charge is -2.23. The number of aryl methyl sites for hydroxylation is 1. The van der Waals surface area contributed by atoms with Gasteiger partial charge in [0.25, 0.3) is 15.9 Å². The molecule has 0 saturated heterocycles. The summed E-state index contributed by atoms with van der Waals surface area (Å²) in [6.45, 7) is 11.3. The van der Waals surface area contributed by atoms with Crippen LogP contribution < -0.4 is 9.88 Å². The summed E-state index contributed by atoms with van der Waals surface area (Å²) < 4.78 is 30.4. The van der Waals surface area contributed by atoms with E-state index < -0.39 is 15.9 Å². The Morgan fingerprint density at radius 2 is 1.39 bits per heavy atom. The number of aromatic nitrogens is 1. The zero-order valence-corrected chi connectivity index (χ0v) is 28.9. The summed E-state index contributed by atoms with van der Waals surface area (Å²) in [6, 6.07) is 21.6. The number of carbonyl (C=O) groups is 2. The van der Waals surface area contributed by atoms with Crippen LogP contribution >= 0.6 is 0 Å². The Morgan fingerprint density at radius 1 is 0.848 bits per heavy atom. The number of rotatable bonds is 14. The molecule has 2 amide bonds. The van der Waals surface area contributed by atoms with Gasteiger partial charge in [-0.25, -0.2) is 12.7 Å². The SMILES string of the molecule is C#CC[n+]1c2ccccc2c(C(=O)N(CCCC)S(=O)(=O)c2ccc(C)cc2)c2ccccc21.CC.CCCCCCCNC=O. The van der Waals surface area contributed by atoms with E-state index in [1.807, 2.05) is 80.8 Å². The number of benzene rings is 3. The van der Waals surface area contributed by atoms with Crippen LogP contribution in [0.25, 0.3) is 21.8 Å². The van der Waals surface area contributed by atoms with Crippen molar-refractivity contribution in [3.8, 4) is 12.3 Å². The fraction of sp³-hybridized carbons (Fsp3) is 0.395. The van der Waals surface area contributed by atoms with E-state index >= 15 is 0 Å². The molecule has 0 aliphatic carbocycles. The Kier molecular flexibility index (Phi) is 16.5. The second kappa shape index (κ2) is 20.0. The highest BCUT2D eigenvalue weighted by Crippen LogP contribution is 2.29. The first-order valence-corrected chi connectivity index (χ1v) is 17.8. The van der Waals surface area contributed by atoms with Crippen molar-refractivity contribution in [2.45, 2.75) is 91.0 Å². The molecule has 0 aliphatic rings. The quantitative estimate of drug-likeness (QED) is 0.0504. The van der Waals surface area contributed by atoms with Crippen LogP contribution in [0, 0.1) is 19.3 Å². The zero-order chi connectivity index (χ0) is 34.0. The van der Waals surface area contributed by atoms with Gasteiger partial charge in [0.1, 0.15) is 0 Å². The molecule has 0 saturated carbocycles. The number of sulfonamides is 1. The molecule has 0 fully saturated rings. The van der Waals surface area contributed by atoms with Crippen molar-refractivity contribution >= 4 is 44.1 Å². The van der Waals surface area contributed by atoms with E-state index in [1.54, 1.807) is 24.3 Å². The monoisotopic (exact) mass is 644 g/mol. The molecule has 0 atom stereocenters. The van der Waals surface area contributed by atoms with Crippen LogP contribution in [-0.2, 0) is 21.4 Å². The van der Waals surface area contributed by atoms with Gasteiger partial charge >= 0.3 is 0 Å². The molecule has 1 heterocycles. The minimum Gasteiger partial charge on any atom is -0.359 e. The van der Waals surface area contributed by atoms with Crippen molar-refractivity contribution in [3.63, 3.8) is 0 Å². The van der Waals surface area contributed by atoms with E-state index in [9.17, 15) is 18.0 Å². The van der Waals surface area contributed by atoms with E-state index in [4.69, 9.17) is 6.42 Å². The zero-order valence-electron chi connectivity index (χ0n) is 28.1. The number of fused-ring (bicyclic) bond motifs is 2. The summed E-state index contributed by atoms with van der Waals surface area (Å²) in [5.74, 6) is 2.16. The molecule has 1 aromatic heterocycles. The fourth-order valence-corrected chi connectivity index (χ4v) is 6.51. The summed E-state index contributed by atoms with van der Waals surface area (Å²) in [6.07, 6.45) is 14.0. The maximum Gasteiger partial charge on any atom is 0.269 e. The van der Waals surface area contributed by atoms with Crippen molar-refractivity contribution in [1.29, 1.82) is 0 Å². The summed E-state index contributed by atoms with van der Waals surface area (Å²) in [7, 11) is -4.05. The van der Waals surface area contributed by atoms with E-state index in [2.05, 4.69) is 18.2 Å². The summed E-state index contributed by atoms with van der Waals surface area (Å²) in [5.41, 5.74) is 2.88. The molecular weight excluding hydrogens is 595 g/mol. The molecule has 46 heavy (non-hydrogen) atoms. The Bertz CT molecular complexity index is 1640. The van der Waals surface area contributed by atoms with Gasteiger partial charge in [-0.3, -0.25) is 9.59 Å². The van der Waals surface area contributed by atoms with Crippen LogP contribution in [0.1, 0.15) is 88.6 Å². The van der Waals surface area contributed by atoms with Crippen molar-refractivity contribution in [2.75, 3.05) is 13.1 Å². The van der Waals surface area contributed by atoms with E-state index in [0.717, 1.165) is 46.7 Å². The van der Waals surface area contributed by atoms with Gasteiger partial charge in [0.05, 0.1) is 21.2 Å². The first-order chi connectivity index (χ1) is 22.3. The highest BCUT2D eigenvalue weighted by molar-refractivity contribution is 7.89. The van der Waals surface area contributed by atoms with E-state index in [1.165, 1.54) is 25.7 Å². The van der Waals surface area contributed by atoms with Crippen molar-refractivity contribution in [3.05, 3.63) is 83.9 Å². The molecule has 4 aromatic rings. The van der Waals surface area contributed by atoms with E-state index in [0.29, 0.717) is 29.3 Å². The third-order valence-corrected chi connectivity index (χ3v) is 9.25. The first kappa shape index (κ1) is 38.0. The second-order valence-corrected chi connectivity index (χ2v) is 12.6. The van der Waals surface area contributed by atoms with Crippen molar-refractivity contribution in [2.24, 2.45) is 0 Å². The van der Waals surface area contributed by atoms with Gasteiger partial charge in [0.2, 0.25) is 24.0 Å². The third-order valence-electron chi connectivity index (χ3n) is 7.45. The van der Waals surface area contributed by atoms with Crippen LogP contribution in [0.4, 0.5) is 0 Å². The maximum atomic E-state index is 14.1. The number of pyridine rings is 1. The van der Waals surface area contributed by atoms with Gasteiger partial charge in [-0.15, -0.1) is 6.42 Å². The van der Waals surface area contributed by atoms with Gasteiger partial charge in [-0.2, -0.15) is 4.57 Å². The average Bonchev–Trinajstić information content (AvgIpc) is 3.08. The molecular formula is C38H50N3O4S+. The fourth-order valence-electron chi connectivity index (χ4n) is 5.09. The minimum absolute atomic E-state index is 0.105. The van der Waals surface area contributed by atoms with Crippen LogP contribution in [0.5, 0.6) is 0 Å². The van der Waals surface area contributed by atoms with Crippen molar-refractivity contribution < 1.29 is 22.6 Å². The number of nitrogens with zero attached hydrogens (tertiary/aromatic N) is 2. The van der Waals surface area contributed by atoms with Gasteiger partial charge < -0.3 is 5.32 Å². The number of hydrogen-bond acceptors (Lipinski definition) is 4. The number of amides is 2. The largest absolute Gasteiger partial charge is 0.359 e. The van der Waals surface area contributed by atoms with Crippen LogP contribution in [-0.4, -0.2) is 38.1 Å². The summed E-state index contributed by atoms with van der Waals surface area (Å²) >= 11 is 0. The standard InChI is InChI=1S/C28H27N2O3S.C8H17NO.C2H6/c1-4-6-20-30(34(32,33)22-17-15-21(3)16-18-22)28(31)27-23-11-7-9-13-25(23)29(19-5-2)26-14-10-8-12-24(26)27;1-2-3-4-5-6-7-9-8-10;1-2/h2,7-18H,4,6,19-20H2,1,3H3;8H,2-7H2,1H3,(H,9,10);1-2H3/q+1;;. The molecule has 0 radical (unpaired) electrons. The van der Waals surface area contributed by atoms with Gasteiger partial charge in [-0.05, 0) is 50.0 Å². The maximum absolute atomic E-state index is 14.1. The molecule has 246 valence electrons. The predicted octanol–water partition coefficient (Wildman–Crippen LogP) is 7.58. The van der Waals surface area contributed by atoms with Gasteiger partial charge in [0, 0.05) is 25.2 Å². The normalized spacial score (nSPS) is 10.6. The lowest BCUT2D eigenvalue weighted by Crippen LogP contribution is -2.40. The number of para-hydroxylation sites is 2. The molecule has 0 aliphatic heterocycles. The Morgan fingerprint density at radius 3 is 1.91 bits per heavy atom. The Balaban J connectivity index is 0.000000526. The molecule has 1 N–H and O–H groups in total. The average molecular weight is 645 g/mol. The molecule has 0 spiro atoms. The molecule has 0 unspecified atom stereocenters. The number of nitrogens with one attached hydrogen (secondary N) is 1. The van der Waals surface area contributed by atoms with E-state index in [-0.39, 0.29) is 11.4 Å². The van der Waals surface area contributed by atoms with Crippen LogP contribution in [0.3, 0.4) is 0 Å². The molecule has 3 aromatic carbocycles. The van der Waals surface area contributed by atoms with Crippen LogP contribution in [0.2, 0.25) is 0 Å². The van der Waals surface area contributed by atoms with Gasteiger partial charge in [0.15, 0.2) is 0 Å². The van der Waals surface area contributed by atoms with Crippen molar-refractivity contribution in [1.82, 2.24) is 9.62 Å². The highest BCUT2D eigenvalue weighted by atomic mass is 32.2. The molecule has 8 heteroatoms. The predicted molar refractivity (Wildman–Crippen MR) is 189 cm³/mol. The lowest BCUT2D eigenvalue weighted by molar-refractivity contribution is -0.632. The number of hydrogen-bond donors (Lipinski definition) is 1. The number of carbonyl (C=O) groups excluding carboxylic acids is 2. The smallest absolute Gasteiger partial charge is 0.269 e. The minimum atomic E-state index is -4.05. The van der Waals surface area contributed by atoms with Gasteiger partial charge in [-0.1, -0.05) is 102 Å². The Labute approximate surface area is 276 Å². The molecule has 0 bridgehead atoms. The Hall–Kier alpha value is -4.22. The summed E-state index contributed by atoms with van der Waals surface area (Å²) in [4.78, 5) is 24.0. The lowest BCUT2D eigenvalue weighted by atomic mass is 10.0. The molecule has 7 nitrogen and oxygen atoms in total. The topological polar surface area (TPSA) is 87.4 Å².